The number of hydrogen-bond donors (Lipinski definition) is 1. The van der Waals surface area contributed by atoms with Crippen LogP contribution in [0.15, 0.2) is 16.7 Å². The van der Waals surface area contributed by atoms with Gasteiger partial charge in [-0.15, -0.1) is 0 Å². The first kappa shape index (κ1) is 8.81. The quantitative estimate of drug-likeness (QED) is 0.846. The number of halogens is 1. The molecule has 0 radical (unpaired) electrons. The van der Waals surface area contributed by atoms with Crippen LogP contribution in [0.5, 0.6) is 0 Å². The molecule has 1 aliphatic heterocycles. The summed E-state index contributed by atoms with van der Waals surface area (Å²) in [6.07, 6.45) is 1.71. The molecule has 0 aromatic carbocycles. The molecule has 2 heterocycles. The molecule has 0 aliphatic carbocycles. The topological polar surface area (TPSA) is 36.1 Å². The van der Waals surface area contributed by atoms with Gasteiger partial charge >= 0.3 is 0 Å². The summed E-state index contributed by atoms with van der Waals surface area (Å²) in [5.74, 6) is 0.269. The van der Waals surface area contributed by atoms with Gasteiger partial charge in [0.2, 0.25) is 5.91 Å². The van der Waals surface area contributed by atoms with Crippen molar-refractivity contribution in [2.75, 3.05) is 6.54 Å². The van der Waals surface area contributed by atoms with Crippen LogP contribution in [-0.2, 0) is 11.3 Å². The number of carbonyl (C=O) groups excluding carboxylic acids is 1. The first-order chi connectivity index (χ1) is 6.25. The highest BCUT2D eigenvalue weighted by atomic mass is 79.9. The Kier molecular flexibility index (Phi) is 2.40. The highest BCUT2D eigenvalue weighted by molar-refractivity contribution is 9.10. The second-order valence-corrected chi connectivity index (χ2v) is 4.10. The number of H-pyrrole nitrogens is 1. The first-order valence-corrected chi connectivity index (χ1v) is 5.16. The van der Waals surface area contributed by atoms with Crippen molar-refractivity contribution >= 4 is 21.8 Å². The van der Waals surface area contributed by atoms with Gasteiger partial charge in [-0.05, 0) is 34.5 Å². The van der Waals surface area contributed by atoms with Gasteiger partial charge in [0.15, 0.2) is 0 Å². The maximum atomic E-state index is 11.3. The van der Waals surface area contributed by atoms with Crippen LogP contribution < -0.4 is 0 Å². The van der Waals surface area contributed by atoms with E-state index in [1.54, 1.807) is 0 Å². The molecule has 1 fully saturated rings. The molecule has 0 unspecified atom stereocenters. The second kappa shape index (κ2) is 3.54. The number of rotatable bonds is 2. The molecule has 4 heteroatoms. The molecule has 1 aromatic rings. The van der Waals surface area contributed by atoms with Crippen molar-refractivity contribution in [2.45, 2.75) is 19.4 Å². The lowest BCUT2D eigenvalue weighted by atomic mass is 10.4. The zero-order chi connectivity index (χ0) is 9.26. The molecule has 1 aliphatic rings. The lowest BCUT2D eigenvalue weighted by Gasteiger charge is -2.13. The van der Waals surface area contributed by atoms with Gasteiger partial charge in [-0.1, -0.05) is 0 Å². The highest BCUT2D eigenvalue weighted by Gasteiger charge is 2.20. The van der Waals surface area contributed by atoms with Gasteiger partial charge in [0, 0.05) is 18.7 Å². The number of carbonyl (C=O) groups is 1. The predicted octanol–water partition coefficient (Wildman–Crippen LogP) is 1.90. The van der Waals surface area contributed by atoms with E-state index in [1.165, 1.54) is 0 Å². The number of hydrogen-bond acceptors (Lipinski definition) is 1. The molecule has 0 atom stereocenters. The number of nitrogens with zero attached hydrogens (tertiary/aromatic N) is 1. The van der Waals surface area contributed by atoms with Crippen LogP contribution in [0.25, 0.3) is 0 Å². The smallest absolute Gasteiger partial charge is 0.222 e. The molecule has 3 nitrogen and oxygen atoms in total. The lowest BCUT2D eigenvalue weighted by molar-refractivity contribution is -0.128. The summed E-state index contributed by atoms with van der Waals surface area (Å²) in [6, 6.07) is 3.95. The summed E-state index contributed by atoms with van der Waals surface area (Å²) < 4.78 is 0.967. The molecule has 0 spiro atoms. The fraction of sp³-hybridized carbons (Fsp3) is 0.444. The summed E-state index contributed by atoms with van der Waals surface area (Å²) in [7, 11) is 0. The van der Waals surface area contributed by atoms with E-state index in [0.29, 0.717) is 13.0 Å². The van der Waals surface area contributed by atoms with Crippen LogP contribution in [-0.4, -0.2) is 22.3 Å². The van der Waals surface area contributed by atoms with E-state index in [9.17, 15) is 4.79 Å². The largest absolute Gasteiger partial charge is 0.352 e. The fourth-order valence-corrected chi connectivity index (χ4v) is 1.97. The monoisotopic (exact) mass is 242 g/mol. The molecule has 0 bridgehead atoms. The summed E-state index contributed by atoms with van der Waals surface area (Å²) >= 11 is 3.34. The van der Waals surface area contributed by atoms with Gasteiger partial charge < -0.3 is 9.88 Å². The molecule has 0 saturated carbocycles. The van der Waals surface area contributed by atoms with E-state index in [4.69, 9.17) is 0 Å². The van der Waals surface area contributed by atoms with Crippen LogP contribution in [0.3, 0.4) is 0 Å². The van der Waals surface area contributed by atoms with Crippen molar-refractivity contribution in [1.82, 2.24) is 9.88 Å². The Balaban J connectivity index is 2.01. The van der Waals surface area contributed by atoms with E-state index in [0.717, 1.165) is 23.3 Å². The van der Waals surface area contributed by atoms with E-state index in [2.05, 4.69) is 20.9 Å². The zero-order valence-electron chi connectivity index (χ0n) is 7.22. The van der Waals surface area contributed by atoms with E-state index < -0.39 is 0 Å². The Morgan fingerprint density at radius 2 is 2.38 bits per heavy atom. The van der Waals surface area contributed by atoms with E-state index in [1.807, 2.05) is 17.0 Å². The minimum absolute atomic E-state index is 0.269. The van der Waals surface area contributed by atoms with Crippen molar-refractivity contribution in [3.8, 4) is 0 Å². The van der Waals surface area contributed by atoms with Gasteiger partial charge in [0.25, 0.3) is 0 Å². The summed E-state index contributed by atoms with van der Waals surface area (Å²) in [4.78, 5) is 16.3. The molecular formula is C9H11BrN2O. The first-order valence-electron chi connectivity index (χ1n) is 4.37. The standard InChI is InChI=1S/C9H11BrN2O/c10-8-4-3-7(11-8)6-12-5-1-2-9(12)13/h3-4,11H,1-2,5-6H2. The zero-order valence-corrected chi connectivity index (χ0v) is 8.80. The number of aromatic amines is 1. The molecule has 1 N–H and O–H groups in total. The van der Waals surface area contributed by atoms with Crippen LogP contribution in [0, 0.1) is 0 Å². The Morgan fingerprint density at radius 3 is 2.92 bits per heavy atom. The SMILES string of the molecule is O=C1CCCN1Cc1ccc(Br)[nH]1. The Labute approximate surface area is 85.2 Å². The van der Waals surface area contributed by atoms with Gasteiger partial charge in [0.05, 0.1) is 11.1 Å². The minimum Gasteiger partial charge on any atom is -0.352 e. The number of amides is 1. The maximum absolute atomic E-state index is 11.3. The lowest BCUT2D eigenvalue weighted by Crippen LogP contribution is -2.23. The van der Waals surface area contributed by atoms with Crippen LogP contribution in [0.2, 0.25) is 0 Å². The second-order valence-electron chi connectivity index (χ2n) is 3.25. The third kappa shape index (κ3) is 1.94. The third-order valence-corrected chi connectivity index (χ3v) is 2.71. The van der Waals surface area contributed by atoms with Crippen LogP contribution >= 0.6 is 15.9 Å². The molecular weight excluding hydrogens is 232 g/mol. The molecule has 13 heavy (non-hydrogen) atoms. The van der Waals surface area contributed by atoms with Gasteiger partial charge in [0.1, 0.15) is 0 Å². The molecule has 70 valence electrons. The average molecular weight is 243 g/mol. The maximum Gasteiger partial charge on any atom is 0.222 e. The van der Waals surface area contributed by atoms with Crippen molar-refractivity contribution in [3.63, 3.8) is 0 Å². The van der Waals surface area contributed by atoms with E-state index >= 15 is 0 Å². The van der Waals surface area contributed by atoms with E-state index in [-0.39, 0.29) is 5.91 Å². The molecule has 1 aromatic heterocycles. The summed E-state index contributed by atoms with van der Waals surface area (Å²) in [5.41, 5.74) is 1.09. The van der Waals surface area contributed by atoms with Crippen molar-refractivity contribution in [1.29, 1.82) is 0 Å². The molecule has 2 rings (SSSR count). The van der Waals surface area contributed by atoms with Gasteiger partial charge in [-0.25, -0.2) is 0 Å². The Bertz CT molecular complexity index is 321. The average Bonchev–Trinajstić information content (AvgIpc) is 2.64. The third-order valence-electron chi connectivity index (χ3n) is 2.24. The Morgan fingerprint density at radius 1 is 1.54 bits per heavy atom. The number of aromatic nitrogens is 1. The highest BCUT2D eigenvalue weighted by Crippen LogP contribution is 2.15. The Hall–Kier alpha value is -0.770. The predicted molar refractivity (Wildman–Crippen MR) is 53.1 cm³/mol. The van der Waals surface area contributed by atoms with Crippen molar-refractivity contribution in [3.05, 3.63) is 22.4 Å². The van der Waals surface area contributed by atoms with Gasteiger partial charge in [-0.3, -0.25) is 4.79 Å². The van der Waals surface area contributed by atoms with Crippen LogP contribution in [0.1, 0.15) is 18.5 Å². The minimum atomic E-state index is 0.269. The van der Waals surface area contributed by atoms with Crippen molar-refractivity contribution in [2.24, 2.45) is 0 Å². The molecule has 1 amide bonds. The van der Waals surface area contributed by atoms with Gasteiger partial charge in [-0.2, -0.15) is 0 Å². The summed E-state index contributed by atoms with van der Waals surface area (Å²) in [6.45, 7) is 1.61. The fourth-order valence-electron chi connectivity index (χ4n) is 1.58. The number of likely N-dealkylation sites (tertiary alicyclic amines) is 1. The van der Waals surface area contributed by atoms with Crippen molar-refractivity contribution < 1.29 is 4.79 Å². The summed E-state index contributed by atoms with van der Waals surface area (Å²) in [5, 5.41) is 0. The molecule has 1 saturated heterocycles. The normalized spacial score (nSPS) is 17.0. The van der Waals surface area contributed by atoms with Crippen LogP contribution in [0.4, 0.5) is 0 Å². The number of nitrogens with one attached hydrogen (secondary N) is 1.